The fourth-order valence-corrected chi connectivity index (χ4v) is 2.10. The van der Waals surface area contributed by atoms with Gasteiger partial charge in [0.1, 0.15) is 0 Å². The first-order valence-electron chi connectivity index (χ1n) is 7.18. The third-order valence-electron chi connectivity index (χ3n) is 3.25. The normalized spacial score (nSPS) is 10.2. The van der Waals surface area contributed by atoms with Crippen LogP contribution in [0.25, 0.3) is 0 Å². The van der Waals surface area contributed by atoms with Crippen LogP contribution in [0, 0.1) is 6.92 Å². The zero-order valence-electron chi connectivity index (χ0n) is 12.5. The molecule has 0 saturated heterocycles. The average molecular weight is 283 g/mol. The Kier molecular flexibility index (Phi) is 5.32. The molecule has 4 nitrogen and oxygen atoms in total. The maximum Gasteiger partial charge on any atom is 0.242 e. The number of anilines is 1. The maximum absolute atomic E-state index is 12.3. The van der Waals surface area contributed by atoms with Crippen molar-refractivity contribution in [3.63, 3.8) is 0 Å². The van der Waals surface area contributed by atoms with Crippen LogP contribution in [0.15, 0.2) is 48.5 Å². The van der Waals surface area contributed by atoms with Gasteiger partial charge in [-0.05, 0) is 38.1 Å². The Morgan fingerprint density at radius 2 is 1.90 bits per heavy atom. The SMILES string of the molecule is CCN(Cc1cccc(C)n1)C(=O)CNc1ccccc1. The summed E-state index contributed by atoms with van der Waals surface area (Å²) < 4.78 is 0. The molecule has 1 aromatic carbocycles. The molecule has 0 radical (unpaired) electrons. The Labute approximate surface area is 125 Å². The minimum Gasteiger partial charge on any atom is -0.376 e. The molecule has 21 heavy (non-hydrogen) atoms. The number of aryl methyl sites for hydroxylation is 1. The zero-order valence-corrected chi connectivity index (χ0v) is 12.5. The third kappa shape index (κ3) is 4.60. The molecule has 0 aliphatic rings. The topological polar surface area (TPSA) is 45.2 Å². The van der Waals surface area contributed by atoms with E-state index in [1.807, 2.05) is 62.4 Å². The molecule has 0 aliphatic heterocycles. The van der Waals surface area contributed by atoms with Gasteiger partial charge in [0.15, 0.2) is 0 Å². The summed E-state index contributed by atoms with van der Waals surface area (Å²) in [7, 11) is 0. The molecule has 2 rings (SSSR count). The Morgan fingerprint density at radius 1 is 1.14 bits per heavy atom. The van der Waals surface area contributed by atoms with E-state index in [0.29, 0.717) is 19.6 Å². The van der Waals surface area contributed by atoms with Crippen LogP contribution in [0.2, 0.25) is 0 Å². The molecular formula is C17H21N3O. The van der Waals surface area contributed by atoms with Crippen molar-refractivity contribution in [2.45, 2.75) is 20.4 Å². The lowest BCUT2D eigenvalue weighted by atomic mass is 10.3. The lowest BCUT2D eigenvalue weighted by Gasteiger charge is -2.21. The summed E-state index contributed by atoms with van der Waals surface area (Å²) in [6, 6.07) is 15.6. The van der Waals surface area contributed by atoms with E-state index in [4.69, 9.17) is 0 Å². The summed E-state index contributed by atoms with van der Waals surface area (Å²) in [5, 5.41) is 3.14. The molecule has 0 saturated carbocycles. The third-order valence-corrected chi connectivity index (χ3v) is 3.25. The number of pyridine rings is 1. The molecule has 0 aliphatic carbocycles. The largest absolute Gasteiger partial charge is 0.376 e. The van der Waals surface area contributed by atoms with E-state index in [-0.39, 0.29) is 5.91 Å². The van der Waals surface area contributed by atoms with Gasteiger partial charge < -0.3 is 10.2 Å². The summed E-state index contributed by atoms with van der Waals surface area (Å²) in [4.78, 5) is 18.5. The maximum atomic E-state index is 12.3. The number of aromatic nitrogens is 1. The van der Waals surface area contributed by atoms with Crippen molar-refractivity contribution in [2.24, 2.45) is 0 Å². The summed E-state index contributed by atoms with van der Waals surface area (Å²) in [5.74, 6) is 0.0738. The molecule has 0 unspecified atom stereocenters. The minimum absolute atomic E-state index is 0.0738. The number of para-hydroxylation sites is 1. The van der Waals surface area contributed by atoms with E-state index in [1.165, 1.54) is 0 Å². The van der Waals surface area contributed by atoms with Gasteiger partial charge in [0.05, 0.1) is 18.8 Å². The lowest BCUT2D eigenvalue weighted by molar-refractivity contribution is -0.129. The number of carbonyl (C=O) groups excluding carboxylic acids is 1. The van der Waals surface area contributed by atoms with Crippen LogP contribution in [0.3, 0.4) is 0 Å². The van der Waals surface area contributed by atoms with Gasteiger partial charge in [-0.15, -0.1) is 0 Å². The first kappa shape index (κ1) is 15.0. The summed E-state index contributed by atoms with van der Waals surface area (Å²) in [6.45, 7) is 5.46. The predicted octanol–water partition coefficient (Wildman–Crippen LogP) is 2.85. The van der Waals surface area contributed by atoms with Crippen LogP contribution >= 0.6 is 0 Å². The smallest absolute Gasteiger partial charge is 0.242 e. The summed E-state index contributed by atoms with van der Waals surface area (Å²) >= 11 is 0. The molecule has 110 valence electrons. The van der Waals surface area contributed by atoms with E-state index in [0.717, 1.165) is 17.1 Å². The molecule has 0 bridgehead atoms. The van der Waals surface area contributed by atoms with Crippen molar-refractivity contribution in [3.05, 3.63) is 59.9 Å². The van der Waals surface area contributed by atoms with Gasteiger partial charge in [-0.25, -0.2) is 0 Å². The number of likely N-dealkylation sites (N-methyl/N-ethyl adjacent to an activating group) is 1. The molecular weight excluding hydrogens is 262 g/mol. The second-order valence-electron chi connectivity index (χ2n) is 4.90. The van der Waals surface area contributed by atoms with Crippen molar-refractivity contribution in [2.75, 3.05) is 18.4 Å². The van der Waals surface area contributed by atoms with Gasteiger partial charge in [-0.3, -0.25) is 9.78 Å². The van der Waals surface area contributed by atoms with Crippen LogP contribution < -0.4 is 5.32 Å². The van der Waals surface area contributed by atoms with Crippen molar-refractivity contribution in [1.29, 1.82) is 0 Å². The van der Waals surface area contributed by atoms with Crippen molar-refractivity contribution in [3.8, 4) is 0 Å². The second kappa shape index (κ2) is 7.43. The molecule has 1 aromatic heterocycles. The van der Waals surface area contributed by atoms with Crippen molar-refractivity contribution in [1.82, 2.24) is 9.88 Å². The molecule has 2 aromatic rings. The number of amides is 1. The summed E-state index contributed by atoms with van der Waals surface area (Å²) in [5.41, 5.74) is 2.85. The molecule has 0 atom stereocenters. The first-order valence-corrected chi connectivity index (χ1v) is 7.18. The summed E-state index contributed by atoms with van der Waals surface area (Å²) in [6.07, 6.45) is 0. The van der Waals surface area contributed by atoms with Gasteiger partial charge in [0.2, 0.25) is 5.91 Å². The highest BCUT2D eigenvalue weighted by molar-refractivity contribution is 5.80. The highest BCUT2D eigenvalue weighted by Gasteiger charge is 2.12. The van der Waals surface area contributed by atoms with Gasteiger partial charge in [0.25, 0.3) is 0 Å². The van der Waals surface area contributed by atoms with Crippen LogP contribution in [0.4, 0.5) is 5.69 Å². The minimum atomic E-state index is 0.0738. The Morgan fingerprint density at radius 3 is 2.57 bits per heavy atom. The Hall–Kier alpha value is -2.36. The van der Waals surface area contributed by atoms with E-state index >= 15 is 0 Å². The van der Waals surface area contributed by atoms with E-state index in [1.54, 1.807) is 4.90 Å². The molecule has 4 heteroatoms. The number of rotatable bonds is 6. The number of carbonyl (C=O) groups is 1. The van der Waals surface area contributed by atoms with Crippen LogP contribution in [-0.4, -0.2) is 28.9 Å². The van der Waals surface area contributed by atoms with Crippen LogP contribution in [0.5, 0.6) is 0 Å². The number of nitrogens with one attached hydrogen (secondary N) is 1. The van der Waals surface area contributed by atoms with Gasteiger partial charge >= 0.3 is 0 Å². The Bertz CT molecular complexity index is 584. The second-order valence-corrected chi connectivity index (χ2v) is 4.90. The highest BCUT2D eigenvalue weighted by atomic mass is 16.2. The highest BCUT2D eigenvalue weighted by Crippen LogP contribution is 2.07. The molecule has 1 amide bonds. The molecule has 0 spiro atoms. The monoisotopic (exact) mass is 283 g/mol. The van der Waals surface area contributed by atoms with Crippen LogP contribution in [0.1, 0.15) is 18.3 Å². The van der Waals surface area contributed by atoms with Gasteiger partial charge in [-0.2, -0.15) is 0 Å². The molecule has 1 N–H and O–H groups in total. The number of benzene rings is 1. The fraction of sp³-hybridized carbons (Fsp3) is 0.294. The van der Waals surface area contributed by atoms with E-state index < -0.39 is 0 Å². The number of hydrogen-bond donors (Lipinski definition) is 1. The number of nitrogens with zero attached hydrogens (tertiary/aromatic N) is 2. The zero-order chi connectivity index (χ0) is 15.1. The molecule has 1 heterocycles. The van der Waals surface area contributed by atoms with Crippen molar-refractivity contribution >= 4 is 11.6 Å². The Balaban J connectivity index is 1.92. The van der Waals surface area contributed by atoms with Crippen LogP contribution in [-0.2, 0) is 11.3 Å². The lowest BCUT2D eigenvalue weighted by Crippen LogP contribution is -2.35. The fourth-order valence-electron chi connectivity index (χ4n) is 2.10. The van der Waals surface area contributed by atoms with Gasteiger partial charge in [0, 0.05) is 17.9 Å². The van der Waals surface area contributed by atoms with Gasteiger partial charge in [-0.1, -0.05) is 24.3 Å². The van der Waals surface area contributed by atoms with E-state index in [2.05, 4.69) is 10.3 Å². The first-order chi connectivity index (χ1) is 10.2. The standard InChI is InChI=1S/C17H21N3O/c1-3-20(13-16-11-7-8-14(2)19-16)17(21)12-18-15-9-5-4-6-10-15/h4-11,18H,3,12-13H2,1-2H3. The quantitative estimate of drug-likeness (QED) is 0.886. The van der Waals surface area contributed by atoms with Crippen molar-refractivity contribution < 1.29 is 4.79 Å². The number of hydrogen-bond acceptors (Lipinski definition) is 3. The predicted molar refractivity (Wildman–Crippen MR) is 85.0 cm³/mol. The molecule has 0 fully saturated rings. The van der Waals surface area contributed by atoms with E-state index in [9.17, 15) is 4.79 Å². The average Bonchev–Trinajstić information content (AvgIpc) is 2.51.